The van der Waals surface area contributed by atoms with E-state index in [1.807, 2.05) is 0 Å². The Bertz CT molecular complexity index is 387. The van der Waals surface area contributed by atoms with Gasteiger partial charge in [0.15, 0.2) is 0 Å². The predicted molar refractivity (Wildman–Crippen MR) is 61.9 cm³/mol. The lowest BCUT2D eigenvalue weighted by Crippen LogP contribution is -2.35. The monoisotopic (exact) mass is 236 g/mol. The molecule has 5 nitrogen and oxygen atoms in total. The Balaban J connectivity index is 2.10. The second kappa shape index (κ2) is 5.14. The van der Waals surface area contributed by atoms with Crippen LogP contribution in [0.15, 0.2) is 18.3 Å². The number of hydrogen-bond acceptors (Lipinski definition) is 4. The molecule has 5 heteroatoms. The number of nitrogens with zero attached hydrogens (tertiary/aromatic N) is 2. The molecule has 92 valence electrons. The van der Waals surface area contributed by atoms with Crippen LogP contribution in [-0.2, 0) is 0 Å². The molecule has 0 unspecified atom stereocenters. The highest BCUT2D eigenvalue weighted by Crippen LogP contribution is 2.27. The molecule has 0 aromatic carbocycles. The van der Waals surface area contributed by atoms with Crippen molar-refractivity contribution in [2.75, 3.05) is 20.3 Å². The summed E-state index contributed by atoms with van der Waals surface area (Å²) in [6.07, 6.45) is 3.55. The smallest absolute Gasteiger partial charge is 0.255 e. The van der Waals surface area contributed by atoms with Gasteiger partial charge < -0.3 is 14.7 Å². The summed E-state index contributed by atoms with van der Waals surface area (Å²) in [4.78, 5) is 17.9. The number of hydrogen-bond donors (Lipinski definition) is 1. The molecule has 1 saturated carbocycles. The van der Waals surface area contributed by atoms with Crippen molar-refractivity contribution in [3.8, 4) is 5.88 Å². The highest BCUT2D eigenvalue weighted by atomic mass is 16.5. The first kappa shape index (κ1) is 11.9. The number of aromatic nitrogens is 1. The first-order valence-corrected chi connectivity index (χ1v) is 5.68. The molecule has 2 rings (SSSR count). The van der Waals surface area contributed by atoms with Crippen molar-refractivity contribution in [2.24, 2.45) is 0 Å². The predicted octanol–water partition coefficient (Wildman–Crippen LogP) is 0.687. The molecule has 1 aromatic rings. The Morgan fingerprint density at radius 3 is 2.82 bits per heavy atom. The normalized spacial score (nSPS) is 14.5. The number of amides is 1. The summed E-state index contributed by atoms with van der Waals surface area (Å²) in [6, 6.07) is 3.65. The van der Waals surface area contributed by atoms with E-state index in [4.69, 9.17) is 9.84 Å². The Morgan fingerprint density at radius 2 is 2.35 bits per heavy atom. The van der Waals surface area contributed by atoms with Gasteiger partial charge in [0, 0.05) is 24.8 Å². The van der Waals surface area contributed by atoms with Gasteiger partial charge in [-0.05, 0) is 18.9 Å². The van der Waals surface area contributed by atoms with Crippen molar-refractivity contribution in [3.05, 3.63) is 23.9 Å². The van der Waals surface area contributed by atoms with Crippen molar-refractivity contribution in [1.82, 2.24) is 9.88 Å². The molecule has 1 heterocycles. The highest BCUT2D eigenvalue weighted by molar-refractivity contribution is 5.94. The van der Waals surface area contributed by atoms with Gasteiger partial charge >= 0.3 is 0 Å². The standard InChI is InChI=1S/C12H16N2O3/c1-17-11-5-2-9(8-13-11)12(16)14(6-7-15)10-3-4-10/h2,5,8,10,15H,3-4,6-7H2,1H3. The van der Waals surface area contributed by atoms with E-state index < -0.39 is 0 Å². The highest BCUT2D eigenvalue weighted by Gasteiger charge is 2.32. The Hall–Kier alpha value is -1.62. The van der Waals surface area contributed by atoms with Crippen LogP contribution >= 0.6 is 0 Å². The van der Waals surface area contributed by atoms with Crippen molar-refractivity contribution < 1.29 is 14.6 Å². The summed E-state index contributed by atoms with van der Waals surface area (Å²) in [6.45, 7) is 0.376. The van der Waals surface area contributed by atoms with E-state index in [2.05, 4.69) is 4.98 Å². The van der Waals surface area contributed by atoms with E-state index in [1.54, 1.807) is 17.0 Å². The zero-order valence-electron chi connectivity index (χ0n) is 9.80. The summed E-state index contributed by atoms with van der Waals surface area (Å²) < 4.78 is 4.94. The van der Waals surface area contributed by atoms with Gasteiger partial charge in [-0.1, -0.05) is 0 Å². The molecule has 1 aliphatic rings. The minimum Gasteiger partial charge on any atom is -0.481 e. The maximum Gasteiger partial charge on any atom is 0.255 e. The van der Waals surface area contributed by atoms with Gasteiger partial charge in [0.25, 0.3) is 5.91 Å². The van der Waals surface area contributed by atoms with E-state index >= 15 is 0 Å². The maximum atomic E-state index is 12.1. The molecule has 1 N–H and O–H groups in total. The van der Waals surface area contributed by atoms with Gasteiger partial charge in [0.05, 0.1) is 19.3 Å². The fourth-order valence-electron chi connectivity index (χ4n) is 1.74. The van der Waals surface area contributed by atoms with Crippen LogP contribution in [0.5, 0.6) is 5.88 Å². The number of carbonyl (C=O) groups is 1. The molecule has 17 heavy (non-hydrogen) atoms. The van der Waals surface area contributed by atoms with Gasteiger partial charge in [-0.2, -0.15) is 0 Å². The Morgan fingerprint density at radius 1 is 1.59 bits per heavy atom. The van der Waals surface area contributed by atoms with Crippen molar-refractivity contribution in [1.29, 1.82) is 0 Å². The zero-order valence-corrected chi connectivity index (χ0v) is 9.80. The Labute approximate surface area is 100 Å². The summed E-state index contributed by atoms with van der Waals surface area (Å²) in [5.74, 6) is 0.415. The third-order valence-corrected chi connectivity index (χ3v) is 2.78. The van der Waals surface area contributed by atoms with Crippen LogP contribution < -0.4 is 4.74 Å². The van der Waals surface area contributed by atoms with Crippen LogP contribution in [0.3, 0.4) is 0 Å². The number of aliphatic hydroxyl groups excluding tert-OH is 1. The van der Waals surface area contributed by atoms with E-state index in [1.165, 1.54) is 13.3 Å². The zero-order chi connectivity index (χ0) is 12.3. The third kappa shape index (κ3) is 2.74. The molecule has 0 atom stereocenters. The third-order valence-electron chi connectivity index (χ3n) is 2.78. The number of rotatable bonds is 5. The maximum absolute atomic E-state index is 12.1. The fraction of sp³-hybridized carbons (Fsp3) is 0.500. The largest absolute Gasteiger partial charge is 0.481 e. The SMILES string of the molecule is COc1ccc(C(=O)N(CCO)C2CC2)cn1. The van der Waals surface area contributed by atoms with E-state index in [0.29, 0.717) is 18.0 Å². The van der Waals surface area contributed by atoms with Crippen LogP contribution in [0, 0.1) is 0 Å². The van der Waals surface area contributed by atoms with Gasteiger partial charge in [-0.3, -0.25) is 4.79 Å². The second-order valence-corrected chi connectivity index (χ2v) is 4.04. The quantitative estimate of drug-likeness (QED) is 0.817. The van der Waals surface area contributed by atoms with Gasteiger partial charge in [0.2, 0.25) is 5.88 Å². The molecule has 0 spiro atoms. The summed E-state index contributed by atoms with van der Waals surface area (Å²) in [5.41, 5.74) is 0.533. The van der Waals surface area contributed by atoms with E-state index in [-0.39, 0.29) is 18.6 Å². The molecule has 0 radical (unpaired) electrons. The van der Waals surface area contributed by atoms with Crippen LogP contribution in [0.2, 0.25) is 0 Å². The van der Waals surface area contributed by atoms with Crippen molar-refractivity contribution in [3.63, 3.8) is 0 Å². The lowest BCUT2D eigenvalue weighted by Gasteiger charge is -2.21. The average molecular weight is 236 g/mol. The van der Waals surface area contributed by atoms with Crippen molar-refractivity contribution >= 4 is 5.91 Å². The summed E-state index contributed by atoms with van der Waals surface area (Å²) in [7, 11) is 1.53. The summed E-state index contributed by atoms with van der Waals surface area (Å²) >= 11 is 0. The fourth-order valence-corrected chi connectivity index (χ4v) is 1.74. The van der Waals surface area contributed by atoms with Gasteiger partial charge in [-0.15, -0.1) is 0 Å². The van der Waals surface area contributed by atoms with E-state index in [9.17, 15) is 4.79 Å². The minimum absolute atomic E-state index is 0.00811. The molecule has 1 fully saturated rings. The molecule has 0 aliphatic heterocycles. The summed E-state index contributed by atoms with van der Waals surface area (Å²) in [5, 5.41) is 8.96. The van der Waals surface area contributed by atoms with Crippen LogP contribution in [0.1, 0.15) is 23.2 Å². The molecule has 0 saturated heterocycles. The van der Waals surface area contributed by atoms with Crippen molar-refractivity contribution in [2.45, 2.75) is 18.9 Å². The lowest BCUT2D eigenvalue weighted by molar-refractivity contribution is 0.0707. The molecular weight excluding hydrogens is 220 g/mol. The molecule has 1 aromatic heterocycles. The average Bonchev–Trinajstić information content (AvgIpc) is 3.19. The molecule has 1 aliphatic carbocycles. The molecule has 0 bridgehead atoms. The number of carbonyl (C=O) groups excluding carboxylic acids is 1. The first-order chi connectivity index (χ1) is 8.26. The first-order valence-electron chi connectivity index (χ1n) is 5.68. The number of aliphatic hydroxyl groups is 1. The van der Waals surface area contributed by atoms with Crippen LogP contribution in [0.25, 0.3) is 0 Å². The van der Waals surface area contributed by atoms with Crippen LogP contribution in [0.4, 0.5) is 0 Å². The lowest BCUT2D eigenvalue weighted by atomic mass is 10.2. The van der Waals surface area contributed by atoms with Gasteiger partial charge in [0.1, 0.15) is 0 Å². The molecular formula is C12H16N2O3. The van der Waals surface area contributed by atoms with Gasteiger partial charge in [-0.25, -0.2) is 4.98 Å². The van der Waals surface area contributed by atoms with Crippen LogP contribution in [-0.4, -0.2) is 47.2 Å². The Kier molecular flexibility index (Phi) is 3.58. The van der Waals surface area contributed by atoms with E-state index in [0.717, 1.165) is 12.8 Å². The second-order valence-electron chi connectivity index (χ2n) is 4.04. The number of methoxy groups -OCH3 is 1. The molecule has 1 amide bonds. The minimum atomic E-state index is -0.0725. The topological polar surface area (TPSA) is 62.7 Å². The number of pyridine rings is 1. The number of ether oxygens (including phenoxy) is 1.